The molecule has 1 saturated heterocycles. The van der Waals surface area contributed by atoms with Crippen LogP contribution in [0.25, 0.3) is 10.6 Å². The summed E-state index contributed by atoms with van der Waals surface area (Å²) >= 11 is 1.67. The molecular formula is C16H21N3O2S2. The lowest BCUT2D eigenvalue weighted by Gasteiger charge is -2.30. The number of pyridine rings is 1. The van der Waals surface area contributed by atoms with Gasteiger partial charge < -0.3 is 0 Å². The van der Waals surface area contributed by atoms with Gasteiger partial charge in [0.1, 0.15) is 5.01 Å². The number of thiazole rings is 1. The first-order chi connectivity index (χ1) is 10.8. The van der Waals surface area contributed by atoms with E-state index in [0.717, 1.165) is 34.8 Å². The maximum absolute atomic E-state index is 11.7. The third-order valence-corrected chi connectivity index (χ3v) is 6.72. The standard InChI is InChI=1S/C16H21N3O2S2/c1-11-12(2)22-16(18-11)13-6-7-15(17-9-13)14-5-4-8-19(10-14)23(3,20)21/h6-7,9,14H,4-5,8,10H2,1-3H3/t14-/m1/s1. The molecule has 0 aromatic carbocycles. The Morgan fingerprint density at radius 2 is 2.09 bits per heavy atom. The fraction of sp³-hybridized carbons (Fsp3) is 0.500. The van der Waals surface area contributed by atoms with Crippen LogP contribution in [0.5, 0.6) is 0 Å². The van der Waals surface area contributed by atoms with Crippen LogP contribution in [-0.4, -0.2) is 42.0 Å². The maximum atomic E-state index is 11.7. The number of aryl methyl sites for hydroxylation is 2. The van der Waals surface area contributed by atoms with Crippen LogP contribution in [0, 0.1) is 13.8 Å². The molecule has 7 heteroatoms. The van der Waals surface area contributed by atoms with Crippen LogP contribution in [-0.2, 0) is 10.0 Å². The van der Waals surface area contributed by atoms with E-state index in [1.165, 1.54) is 11.1 Å². The molecule has 1 aliphatic heterocycles. The Labute approximate surface area is 141 Å². The molecule has 0 saturated carbocycles. The van der Waals surface area contributed by atoms with E-state index >= 15 is 0 Å². The van der Waals surface area contributed by atoms with E-state index in [2.05, 4.69) is 16.9 Å². The Bertz CT molecular complexity index is 778. The molecule has 2 aromatic rings. The quantitative estimate of drug-likeness (QED) is 0.853. The van der Waals surface area contributed by atoms with Gasteiger partial charge in [0.15, 0.2) is 0 Å². The monoisotopic (exact) mass is 351 g/mol. The molecule has 0 N–H and O–H groups in total. The first-order valence-corrected chi connectivity index (χ1v) is 10.4. The Morgan fingerprint density at radius 1 is 1.30 bits per heavy atom. The Balaban J connectivity index is 1.79. The molecule has 1 fully saturated rings. The molecule has 3 rings (SSSR count). The second-order valence-electron chi connectivity index (χ2n) is 6.09. The Kier molecular flexibility index (Phi) is 4.53. The lowest BCUT2D eigenvalue weighted by Crippen LogP contribution is -2.38. The topological polar surface area (TPSA) is 63.2 Å². The minimum atomic E-state index is -3.12. The van der Waals surface area contributed by atoms with Gasteiger partial charge in [-0.05, 0) is 38.8 Å². The summed E-state index contributed by atoms with van der Waals surface area (Å²) in [6.45, 7) is 5.23. The van der Waals surface area contributed by atoms with E-state index in [4.69, 9.17) is 0 Å². The van der Waals surface area contributed by atoms with Gasteiger partial charge in [-0.2, -0.15) is 0 Å². The number of nitrogens with zero attached hydrogens (tertiary/aromatic N) is 3. The van der Waals surface area contributed by atoms with Crippen LogP contribution in [0.3, 0.4) is 0 Å². The molecule has 0 amide bonds. The van der Waals surface area contributed by atoms with E-state index in [9.17, 15) is 8.42 Å². The highest BCUT2D eigenvalue weighted by atomic mass is 32.2. The van der Waals surface area contributed by atoms with Gasteiger partial charge in [-0.15, -0.1) is 11.3 Å². The molecule has 0 unspecified atom stereocenters. The summed E-state index contributed by atoms with van der Waals surface area (Å²) in [6, 6.07) is 4.05. The molecule has 1 aliphatic rings. The van der Waals surface area contributed by atoms with Gasteiger partial charge in [0.05, 0.1) is 11.9 Å². The summed E-state index contributed by atoms with van der Waals surface area (Å²) < 4.78 is 25.0. The highest BCUT2D eigenvalue weighted by Crippen LogP contribution is 2.30. The molecule has 23 heavy (non-hydrogen) atoms. The zero-order valence-corrected chi connectivity index (χ0v) is 15.2. The van der Waals surface area contributed by atoms with Crippen molar-refractivity contribution in [3.8, 4) is 10.6 Å². The van der Waals surface area contributed by atoms with Crippen molar-refractivity contribution in [1.29, 1.82) is 0 Å². The SMILES string of the molecule is Cc1nc(-c2ccc([C@@H]3CCCN(S(C)(=O)=O)C3)nc2)sc1C. The van der Waals surface area contributed by atoms with Crippen LogP contribution in [0.15, 0.2) is 18.3 Å². The van der Waals surface area contributed by atoms with Crippen LogP contribution >= 0.6 is 11.3 Å². The summed E-state index contributed by atoms with van der Waals surface area (Å²) in [5.41, 5.74) is 3.04. The molecule has 5 nitrogen and oxygen atoms in total. The van der Waals surface area contributed by atoms with Crippen molar-refractivity contribution in [2.75, 3.05) is 19.3 Å². The normalized spacial score (nSPS) is 19.9. The molecule has 2 aromatic heterocycles. The van der Waals surface area contributed by atoms with Gasteiger partial charge >= 0.3 is 0 Å². The lowest BCUT2D eigenvalue weighted by molar-refractivity contribution is 0.314. The first kappa shape index (κ1) is 16.5. The maximum Gasteiger partial charge on any atom is 0.211 e. The van der Waals surface area contributed by atoms with Gasteiger partial charge in [0, 0.05) is 41.3 Å². The number of hydrogen-bond donors (Lipinski definition) is 0. The molecule has 1 atom stereocenters. The Morgan fingerprint density at radius 3 is 2.65 bits per heavy atom. The predicted molar refractivity (Wildman–Crippen MR) is 93.2 cm³/mol. The van der Waals surface area contributed by atoms with Gasteiger partial charge in [0.2, 0.25) is 10.0 Å². The van der Waals surface area contributed by atoms with E-state index in [-0.39, 0.29) is 5.92 Å². The lowest BCUT2D eigenvalue weighted by atomic mass is 9.95. The van der Waals surface area contributed by atoms with E-state index in [1.54, 1.807) is 15.6 Å². The molecule has 0 spiro atoms. The fourth-order valence-electron chi connectivity index (χ4n) is 2.85. The van der Waals surface area contributed by atoms with Crippen LogP contribution in [0.2, 0.25) is 0 Å². The highest BCUT2D eigenvalue weighted by molar-refractivity contribution is 7.88. The van der Waals surface area contributed by atoms with E-state index < -0.39 is 10.0 Å². The number of piperidine rings is 1. The van der Waals surface area contributed by atoms with Crippen molar-refractivity contribution >= 4 is 21.4 Å². The Hall–Kier alpha value is -1.31. The summed E-state index contributed by atoms with van der Waals surface area (Å²) in [4.78, 5) is 10.4. The van der Waals surface area contributed by atoms with Crippen molar-refractivity contribution in [2.24, 2.45) is 0 Å². The molecule has 0 radical (unpaired) electrons. The van der Waals surface area contributed by atoms with Crippen molar-refractivity contribution in [2.45, 2.75) is 32.6 Å². The summed E-state index contributed by atoms with van der Waals surface area (Å²) in [5, 5.41) is 0.987. The van der Waals surface area contributed by atoms with Crippen molar-refractivity contribution < 1.29 is 8.42 Å². The van der Waals surface area contributed by atoms with Crippen molar-refractivity contribution in [1.82, 2.24) is 14.3 Å². The number of hydrogen-bond acceptors (Lipinski definition) is 5. The zero-order chi connectivity index (χ0) is 16.6. The average molecular weight is 351 g/mol. The highest BCUT2D eigenvalue weighted by Gasteiger charge is 2.27. The minimum Gasteiger partial charge on any atom is -0.260 e. The molecule has 0 bridgehead atoms. The fourth-order valence-corrected chi connectivity index (χ4v) is 4.67. The van der Waals surface area contributed by atoms with E-state index in [1.807, 2.05) is 25.3 Å². The van der Waals surface area contributed by atoms with Gasteiger partial charge in [-0.1, -0.05) is 0 Å². The van der Waals surface area contributed by atoms with Crippen molar-refractivity contribution in [3.63, 3.8) is 0 Å². The largest absolute Gasteiger partial charge is 0.260 e. The van der Waals surface area contributed by atoms with Crippen LogP contribution < -0.4 is 0 Å². The van der Waals surface area contributed by atoms with Crippen molar-refractivity contribution in [3.05, 3.63) is 34.6 Å². The minimum absolute atomic E-state index is 0.173. The summed E-state index contributed by atoms with van der Waals surface area (Å²) in [6.07, 6.45) is 4.99. The van der Waals surface area contributed by atoms with Crippen LogP contribution in [0.1, 0.15) is 35.0 Å². The zero-order valence-electron chi connectivity index (χ0n) is 13.6. The number of rotatable bonds is 3. The molecule has 0 aliphatic carbocycles. The average Bonchev–Trinajstić information content (AvgIpc) is 2.86. The van der Waals surface area contributed by atoms with E-state index in [0.29, 0.717) is 13.1 Å². The third-order valence-electron chi connectivity index (χ3n) is 4.33. The molecule has 124 valence electrons. The second kappa shape index (κ2) is 6.30. The van der Waals surface area contributed by atoms with Gasteiger partial charge in [-0.3, -0.25) is 4.98 Å². The molecule has 3 heterocycles. The third kappa shape index (κ3) is 3.62. The van der Waals surface area contributed by atoms with Gasteiger partial charge in [0.25, 0.3) is 0 Å². The number of sulfonamides is 1. The van der Waals surface area contributed by atoms with Gasteiger partial charge in [-0.25, -0.2) is 17.7 Å². The summed E-state index contributed by atoms with van der Waals surface area (Å²) in [5.74, 6) is 0.173. The smallest absolute Gasteiger partial charge is 0.211 e. The van der Waals surface area contributed by atoms with Crippen LogP contribution in [0.4, 0.5) is 0 Å². The first-order valence-electron chi connectivity index (χ1n) is 7.70. The number of aromatic nitrogens is 2. The second-order valence-corrected chi connectivity index (χ2v) is 9.28. The molecular weight excluding hydrogens is 330 g/mol. The summed E-state index contributed by atoms with van der Waals surface area (Å²) in [7, 11) is -3.12. The predicted octanol–water partition coefficient (Wildman–Crippen LogP) is 2.96.